The summed E-state index contributed by atoms with van der Waals surface area (Å²) in [6.45, 7) is 2.99. The first-order valence-corrected chi connectivity index (χ1v) is 6.28. The molecule has 0 aliphatic carbocycles. The molecule has 0 amide bonds. The summed E-state index contributed by atoms with van der Waals surface area (Å²) in [5, 5.41) is 3.25. The van der Waals surface area contributed by atoms with Crippen molar-refractivity contribution in [3.63, 3.8) is 0 Å². The molecule has 1 heterocycles. The Balaban J connectivity index is 2.88. The van der Waals surface area contributed by atoms with E-state index in [1.165, 1.54) is 0 Å². The highest BCUT2D eigenvalue weighted by atomic mass is 79.9. The molecule has 4 heteroatoms. The minimum absolute atomic E-state index is 0.132. The topological polar surface area (TPSA) is 24.9 Å². The molecule has 0 saturated carbocycles. The quantitative estimate of drug-likeness (QED) is 0.856. The fourth-order valence-electron chi connectivity index (χ4n) is 1.16. The molecule has 0 radical (unpaired) electrons. The summed E-state index contributed by atoms with van der Waals surface area (Å²) in [6.07, 6.45) is 8.26. The molecule has 0 fully saturated rings. The maximum atomic E-state index is 5.47. The highest BCUT2D eigenvalue weighted by molar-refractivity contribution is 9.11. The normalized spacial score (nSPS) is 12.1. The van der Waals surface area contributed by atoms with Gasteiger partial charge in [-0.15, -0.1) is 6.42 Å². The fourth-order valence-corrected chi connectivity index (χ4v) is 2.38. The number of nitrogens with one attached hydrogen (secondary N) is 1. The van der Waals surface area contributed by atoms with Gasteiger partial charge in [0, 0.05) is 15.1 Å². The number of aromatic nitrogens is 1. The van der Waals surface area contributed by atoms with Crippen LogP contribution in [0.4, 0.5) is 0 Å². The lowest BCUT2D eigenvalue weighted by Crippen LogP contribution is -2.21. The van der Waals surface area contributed by atoms with Crippen molar-refractivity contribution in [1.29, 1.82) is 0 Å². The Kier molecular flexibility index (Phi) is 5.30. The SMILES string of the molecule is C#CC(NCCC)c1ncc(Br)cc1Br. The zero-order chi connectivity index (χ0) is 11.3. The van der Waals surface area contributed by atoms with E-state index in [0.29, 0.717) is 0 Å². The second kappa shape index (κ2) is 6.26. The number of hydrogen-bond donors (Lipinski definition) is 1. The Labute approximate surface area is 107 Å². The van der Waals surface area contributed by atoms with Crippen LogP contribution in [0.25, 0.3) is 0 Å². The summed E-state index contributed by atoms with van der Waals surface area (Å²) < 4.78 is 1.85. The van der Waals surface area contributed by atoms with Crippen molar-refractivity contribution in [2.24, 2.45) is 0 Å². The molecule has 2 nitrogen and oxygen atoms in total. The zero-order valence-corrected chi connectivity index (χ0v) is 11.6. The van der Waals surface area contributed by atoms with Gasteiger partial charge in [0.1, 0.15) is 6.04 Å². The number of hydrogen-bond acceptors (Lipinski definition) is 2. The lowest BCUT2D eigenvalue weighted by molar-refractivity contribution is 0.612. The molecule has 0 aliphatic heterocycles. The fraction of sp³-hybridized carbons (Fsp3) is 0.364. The van der Waals surface area contributed by atoms with Gasteiger partial charge >= 0.3 is 0 Å². The molecule has 80 valence electrons. The largest absolute Gasteiger partial charge is 0.299 e. The van der Waals surface area contributed by atoms with E-state index in [9.17, 15) is 0 Å². The summed E-state index contributed by atoms with van der Waals surface area (Å²) in [5.74, 6) is 2.69. The Bertz CT molecular complexity index is 371. The van der Waals surface area contributed by atoms with Gasteiger partial charge in [0.05, 0.1) is 5.69 Å². The van der Waals surface area contributed by atoms with Gasteiger partial charge in [0.25, 0.3) is 0 Å². The van der Waals surface area contributed by atoms with Crippen molar-refractivity contribution in [3.8, 4) is 12.3 Å². The highest BCUT2D eigenvalue weighted by Crippen LogP contribution is 2.24. The predicted octanol–water partition coefficient (Wildman–Crippen LogP) is 3.28. The maximum absolute atomic E-state index is 5.47. The number of rotatable bonds is 4. The molecule has 1 atom stereocenters. The third-order valence-electron chi connectivity index (χ3n) is 1.87. The second-order valence-electron chi connectivity index (χ2n) is 3.07. The first-order valence-electron chi connectivity index (χ1n) is 4.69. The van der Waals surface area contributed by atoms with E-state index >= 15 is 0 Å². The van der Waals surface area contributed by atoms with Crippen molar-refractivity contribution in [3.05, 3.63) is 26.9 Å². The first-order chi connectivity index (χ1) is 7.19. The van der Waals surface area contributed by atoms with Crippen molar-refractivity contribution in [2.45, 2.75) is 19.4 Å². The summed E-state index contributed by atoms with van der Waals surface area (Å²) >= 11 is 6.81. The summed E-state index contributed by atoms with van der Waals surface area (Å²) in [6, 6.07) is 1.81. The van der Waals surface area contributed by atoms with Crippen molar-refractivity contribution in [1.82, 2.24) is 10.3 Å². The minimum Gasteiger partial charge on any atom is -0.299 e. The predicted molar refractivity (Wildman–Crippen MR) is 69.5 cm³/mol. The van der Waals surface area contributed by atoms with Crippen LogP contribution in [0.3, 0.4) is 0 Å². The van der Waals surface area contributed by atoms with E-state index in [1.54, 1.807) is 6.20 Å². The van der Waals surface area contributed by atoms with Gasteiger partial charge in [-0.25, -0.2) is 0 Å². The molecule has 1 unspecified atom stereocenters. The van der Waals surface area contributed by atoms with Crippen LogP contribution in [0.2, 0.25) is 0 Å². The van der Waals surface area contributed by atoms with Crippen LogP contribution in [0, 0.1) is 12.3 Å². The second-order valence-corrected chi connectivity index (χ2v) is 4.84. The molecule has 0 spiro atoms. The van der Waals surface area contributed by atoms with Crippen molar-refractivity contribution < 1.29 is 0 Å². The molecule has 0 bridgehead atoms. The molecule has 0 aliphatic rings. The van der Waals surface area contributed by atoms with Crippen LogP contribution in [-0.2, 0) is 0 Å². The lowest BCUT2D eigenvalue weighted by Gasteiger charge is -2.13. The Morgan fingerprint density at radius 3 is 2.87 bits per heavy atom. The van der Waals surface area contributed by atoms with E-state index in [2.05, 4.69) is 55.0 Å². The van der Waals surface area contributed by atoms with Crippen molar-refractivity contribution >= 4 is 31.9 Å². The number of terminal acetylenes is 1. The number of pyridine rings is 1. The van der Waals surface area contributed by atoms with Gasteiger partial charge in [-0.05, 0) is 50.9 Å². The number of halogens is 2. The third kappa shape index (κ3) is 3.60. The minimum atomic E-state index is -0.132. The van der Waals surface area contributed by atoms with Crippen molar-refractivity contribution in [2.75, 3.05) is 6.54 Å². The van der Waals surface area contributed by atoms with E-state index in [0.717, 1.165) is 27.6 Å². The van der Waals surface area contributed by atoms with E-state index < -0.39 is 0 Å². The van der Waals surface area contributed by atoms with E-state index in [1.807, 2.05) is 6.07 Å². The van der Waals surface area contributed by atoms with E-state index in [-0.39, 0.29) is 6.04 Å². The average Bonchev–Trinajstić information content (AvgIpc) is 2.21. The summed E-state index contributed by atoms with van der Waals surface area (Å²) in [4.78, 5) is 4.30. The molecule has 0 saturated heterocycles. The van der Waals surface area contributed by atoms with Gasteiger partial charge in [-0.3, -0.25) is 10.3 Å². The monoisotopic (exact) mass is 330 g/mol. The zero-order valence-electron chi connectivity index (χ0n) is 8.43. The Morgan fingerprint density at radius 2 is 2.33 bits per heavy atom. The molecule has 1 N–H and O–H groups in total. The average molecular weight is 332 g/mol. The molecular formula is C11H12Br2N2. The Morgan fingerprint density at radius 1 is 1.60 bits per heavy atom. The summed E-state index contributed by atoms with van der Waals surface area (Å²) in [7, 11) is 0. The van der Waals surface area contributed by atoms with Crippen LogP contribution >= 0.6 is 31.9 Å². The number of nitrogens with zero attached hydrogens (tertiary/aromatic N) is 1. The summed E-state index contributed by atoms with van der Waals surface area (Å²) in [5.41, 5.74) is 0.856. The molecule has 15 heavy (non-hydrogen) atoms. The highest BCUT2D eigenvalue weighted by Gasteiger charge is 2.12. The standard InChI is InChI=1S/C11H12Br2N2/c1-3-5-14-10(4-2)11-9(13)6-8(12)7-15-11/h2,6-7,10,14H,3,5H2,1H3. The van der Waals surface area contributed by atoms with Gasteiger partial charge in [0.2, 0.25) is 0 Å². The maximum Gasteiger partial charge on any atom is 0.113 e. The van der Waals surface area contributed by atoms with Crippen LogP contribution < -0.4 is 5.32 Å². The van der Waals surface area contributed by atoms with Gasteiger partial charge in [-0.2, -0.15) is 0 Å². The molecule has 1 rings (SSSR count). The molecule has 1 aromatic rings. The molecule has 0 aromatic carbocycles. The van der Waals surface area contributed by atoms with Crippen LogP contribution in [0.5, 0.6) is 0 Å². The van der Waals surface area contributed by atoms with Crippen LogP contribution in [0.1, 0.15) is 25.1 Å². The first kappa shape index (κ1) is 12.7. The lowest BCUT2D eigenvalue weighted by atomic mass is 10.2. The van der Waals surface area contributed by atoms with Gasteiger partial charge < -0.3 is 0 Å². The van der Waals surface area contributed by atoms with Gasteiger partial charge in [-0.1, -0.05) is 12.8 Å². The smallest absolute Gasteiger partial charge is 0.113 e. The van der Waals surface area contributed by atoms with Gasteiger partial charge in [0.15, 0.2) is 0 Å². The Hall–Kier alpha value is -0.370. The molecular weight excluding hydrogens is 320 g/mol. The van der Waals surface area contributed by atoms with Crippen LogP contribution in [0.15, 0.2) is 21.2 Å². The van der Waals surface area contributed by atoms with E-state index in [4.69, 9.17) is 6.42 Å². The molecule has 1 aromatic heterocycles. The van der Waals surface area contributed by atoms with Crippen LogP contribution in [-0.4, -0.2) is 11.5 Å². The third-order valence-corrected chi connectivity index (χ3v) is 2.94.